The summed E-state index contributed by atoms with van der Waals surface area (Å²) < 4.78 is 5.09. The SMILES string of the molecule is COc1ccc(CNC(=O)c2cccc(NC(C)=O)c2)cc1Cl. The third-order valence-corrected chi connectivity index (χ3v) is 3.41. The Hall–Kier alpha value is -2.53. The fraction of sp³-hybridized carbons (Fsp3) is 0.176. The van der Waals surface area contributed by atoms with Crippen LogP contribution in [0.5, 0.6) is 5.75 Å². The number of rotatable bonds is 5. The number of hydrogen-bond acceptors (Lipinski definition) is 3. The van der Waals surface area contributed by atoms with Crippen LogP contribution in [0.3, 0.4) is 0 Å². The minimum Gasteiger partial charge on any atom is -0.495 e. The molecule has 0 atom stereocenters. The number of benzene rings is 2. The molecule has 0 aromatic heterocycles. The molecular weight excluding hydrogens is 316 g/mol. The smallest absolute Gasteiger partial charge is 0.251 e. The van der Waals surface area contributed by atoms with Gasteiger partial charge in [-0.3, -0.25) is 9.59 Å². The Morgan fingerprint density at radius 1 is 1.17 bits per heavy atom. The highest BCUT2D eigenvalue weighted by molar-refractivity contribution is 6.32. The van der Waals surface area contributed by atoms with Crippen LogP contribution >= 0.6 is 11.6 Å². The third kappa shape index (κ3) is 4.72. The van der Waals surface area contributed by atoms with Gasteiger partial charge >= 0.3 is 0 Å². The average Bonchev–Trinajstić information content (AvgIpc) is 2.52. The van der Waals surface area contributed by atoms with E-state index in [9.17, 15) is 9.59 Å². The van der Waals surface area contributed by atoms with Crippen molar-refractivity contribution in [1.29, 1.82) is 0 Å². The zero-order valence-electron chi connectivity index (χ0n) is 12.9. The van der Waals surface area contributed by atoms with Crippen LogP contribution in [0, 0.1) is 0 Å². The Labute approximate surface area is 139 Å². The number of nitrogens with one attached hydrogen (secondary N) is 2. The molecule has 0 aliphatic carbocycles. The van der Waals surface area contributed by atoms with Crippen molar-refractivity contribution in [2.75, 3.05) is 12.4 Å². The third-order valence-electron chi connectivity index (χ3n) is 3.11. The Morgan fingerprint density at radius 2 is 1.96 bits per heavy atom. The summed E-state index contributed by atoms with van der Waals surface area (Å²) in [5.74, 6) is 0.171. The second kappa shape index (κ2) is 7.65. The molecule has 120 valence electrons. The summed E-state index contributed by atoms with van der Waals surface area (Å²) in [6.07, 6.45) is 0. The first-order valence-corrected chi connectivity index (χ1v) is 7.35. The van der Waals surface area contributed by atoms with Gasteiger partial charge in [0.1, 0.15) is 5.75 Å². The van der Waals surface area contributed by atoms with Crippen molar-refractivity contribution in [2.24, 2.45) is 0 Å². The van der Waals surface area contributed by atoms with Crippen molar-refractivity contribution in [1.82, 2.24) is 5.32 Å². The summed E-state index contributed by atoms with van der Waals surface area (Å²) in [5, 5.41) is 5.95. The van der Waals surface area contributed by atoms with Gasteiger partial charge in [0, 0.05) is 24.7 Å². The molecule has 0 heterocycles. The van der Waals surface area contributed by atoms with E-state index in [4.69, 9.17) is 16.3 Å². The number of methoxy groups -OCH3 is 1. The Kier molecular flexibility index (Phi) is 5.60. The summed E-state index contributed by atoms with van der Waals surface area (Å²) in [6.45, 7) is 1.76. The lowest BCUT2D eigenvalue weighted by molar-refractivity contribution is -0.114. The van der Waals surface area contributed by atoms with Gasteiger partial charge in [-0.25, -0.2) is 0 Å². The van der Waals surface area contributed by atoms with Crippen molar-refractivity contribution < 1.29 is 14.3 Å². The van der Waals surface area contributed by atoms with E-state index < -0.39 is 0 Å². The molecule has 0 aliphatic rings. The molecule has 0 unspecified atom stereocenters. The van der Waals surface area contributed by atoms with E-state index in [1.165, 1.54) is 6.92 Å². The first-order chi connectivity index (χ1) is 11.0. The highest BCUT2D eigenvalue weighted by Gasteiger charge is 2.08. The summed E-state index contributed by atoms with van der Waals surface area (Å²) in [4.78, 5) is 23.2. The second-order valence-electron chi connectivity index (χ2n) is 4.91. The van der Waals surface area contributed by atoms with Crippen LogP contribution in [0.4, 0.5) is 5.69 Å². The molecular formula is C17H17ClN2O3. The van der Waals surface area contributed by atoms with E-state index in [1.807, 2.05) is 6.07 Å². The summed E-state index contributed by atoms with van der Waals surface area (Å²) >= 11 is 6.05. The number of halogens is 1. The van der Waals surface area contributed by atoms with Gasteiger partial charge in [0.25, 0.3) is 5.91 Å². The molecule has 2 rings (SSSR count). The molecule has 2 amide bonds. The second-order valence-corrected chi connectivity index (χ2v) is 5.32. The number of anilines is 1. The van der Waals surface area contributed by atoms with Crippen molar-refractivity contribution in [3.05, 3.63) is 58.6 Å². The van der Waals surface area contributed by atoms with Gasteiger partial charge in [0.2, 0.25) is 5.91 Å². The van der Waals surface area contributed by atoms with Crippen LogP contribution in [-0.2, 0) is 11.3 Å². The van der Waals surface area contributed by atoms with Crippen LogP contribution in [0.15, 0.2) is 42.5 Å². The normalized spacial score (nSPS) is 10.0. The molecule has 0 saturated heterocycles. The fourth-order valence-corrected chi connectivity index (χ4v) is 2.33. The van der Waals surface area contributed by atoms with Crippen LogP contribution < -0.4 is 15.4 Å². The van der Waals surface area contributed by atoms with Gasteiger partial charge in [-0.15, -0.1) is 0 Å². The summed E-state index contributed by atoms with van der Waals surface area (Å²) in [7, 11) is 1.55. The van der Waals surface area contributed by atoms with E-state index >= 15 is 0 Å². The molecule has 2 aromatic carbocycles. The number of carbonyl (C=O) groups excluding carboxylic acids is 2. The van der Waals surface area contributed by atoms with Crippen molar-refractivity contribution in [3.8, 4) is 5.75 Å². The number of carbonyl (C=O) groups is 2. The maximum Gasteiger partial charge on any atom is 0.251 e. The van der Waals surface area contributed by atoms with Gasteiger partial charge in [0.05, 0.1) is 12.1 Å². The molecule has 2 N–H and O–H groups in total. The lowest BCUT2D eigenvalue weighted by Crippen LogP contribution is -2.23. The van der Waals surface area contributed by atoms with Gasteiger partial charge in [0.15, 0.2) is 0 Å². The molecule has 0 spiro atoms. The van der Waals surface area contributed by atoms with Gasteiger partial charge in [-0.05, 0) is 35.9 Å². The highest BCUT2D eigenvalue weighted by atomic mass is 35.5. The zero-order chi connectivity index (χ0) is 16.8. The highest BCUT2D eigenvalue weighted by Crippen LogP contribution is 2.24. The van der Waals surface area contributed by atoms with Gasteiger partial charge in [-0.1, -0.05) is 23.7 Å². The largest absolute Gasteiger partial charge is 0.495 e. The van der Waals surface area contributed by atoms with Crippen molar-refractivity contribution in [2.45, 2.75) is 13.5 Å². The van der Waals surface area contributed by atoms with Gasteiger partial charge < -0.3 is 15.4 Å². The average molecular weight is 333 g/mol. The molecule has 0 bridgehead atoms. The molecule has 2 aromatic rings. The van der Waals surface area contributed by atoms with E-state index in [0.717, 1.165) is 5.56 Å². The topological polar surface area (TPSA) is 67.4 Å². The number of amides is 2. The molecule has 0 saturated carbocycles. The Bertz CT molecular complexity index is 732. The summed E-state index contributed by atoms with van der Waals surface area (Å²) in [5.41, 5.74) is 1.91. The van der Waals surface area contributed by atoms with E-state index in [0.29, 0.717) is 28.6 Å². The maximum atomic E-state index is 12.2. The van der Waals surface area contributed by atoms with E-state index in [-0.39, 0.29) is 11.8 Å². The minimum absolute atomic E-state index is 0.185. The Balaban J connectivity index is 2.02. The zero-order valence-corrected chi connectivity index (χ0v) is 13.6. The van der Waals surface area contributed by atoms with Crippen molar-refractivity contribution >= 4 is 29.1 Å². The van der Waals surface area contributed by atoms with Crippen molar-refractivity contribution in [3.63, 3.8) is 0 Å². The maximum absolute atomic E-state index is 12.2. The van der Waals surface area contributed by atoms with Crippen LogP contribution in [-0.4, -0.2) is 18.9 Å². The first-order valence-electron chi connectivity index (χ1n) is 6.98. The molecule has 5 nitrogen and oxygen atoms in total. The van der Waals surface area contributed by atoms with Gasteiger partial charge in [-0.2, -0.15) is 0 Å². The fourth-order valence-electron chi connectivity index (χ4n) is 2.05. The van der Waals surface area contributed by atoms with Crippen LogP contribution in [0.25, 0.3) is 0 Å². The summed E-state index contributed by atoms with van der Waals surface area (Å²) in [6, 6.07) is 12.1. The monoisotopic (exact) mass is 332 g/mol. The lowest BCUT2D eigenvalue weighted by Gasteiger charge is -2.09. The van der Waals surface area contributed by atoms with E-state index in [2.05, 4.69) is 10.6 Å². The predicted molar refractivity (Wildman–Crippen MR) is 89.9 cm³/mol. The quantitative estimate of drug-likeness (QED) is 0.883. The predicted octanol–water partition coefficient (Wildman–Crippen LogP) is 3.24. The first kappa shape index (κ1) is 16.8. The molecule has 6 heteroatoms. The molecule has 23 heavy (non-hydrogen) atoms. The Morgan fingerprint density at radius 3 is 2.61 bits per heavy atom. The minimum atomic E-state index is -0.232. The molecule has 0 aliphatic heterocycles. The number of hydrogen-bond donors (Lipinski definition) is 2. The molecule has 0 fully saturated rings. The van der Waals surface area contributed by atoms with E-state index in [1.54, 1.807) is 43.5 Å². The lowest BCUT2D eigenvalue weighted by atomic mass is 10.1. The standard InChI is InChI=1S/C17H17ClN2O3/c1-11(21)20-14-5-3-4-13(9-14)17(22)19-10-12-6-7-16(23-2)15(18)8-12/h3-9H,10H2,1-2H3,(H,19,22)(H,20,21). The van der Waals surface area contributed by atoms with Crippen LogP contribution in [0.2, 0.25) is 5.02 Å². The number of ether oxygens (including phenoxy) is 1. The van der Waals surface area contributed by atoms with Crippen LogP contribution in [0.1, 0.15) is 22.8 Å². The molecule has 0 radical (unpaired) electrons.